The highest BCUT2D eigenvalue weighted by molar-refractivity contribution is 9.10. The zero-order valence-corrected chi connectivity index (χ0v) is 18.5. The molecule has 6 heteroatoms. The average Bonchev–Trinajstić information content (AvgIpc) is 2.84. The van der Waals surface area contributed by atoms with Crippen LogP contribution in [0.2, 0.25) is 0 Å². The van der Waals surface area contributed by atoms with Crippen molar-refractivity contribution >= 4 is 21.7 Å². The van der Waals surface area contributed by atoms with Crippen LogP contribution in [0, 0.1) is 5.82 Å². The minimum absolute atomic E-state index is 0. The minimum atomic E-state index is -0.325. The van der Waals surface area contributed by atoms with Crippen LogP contribution in [0.4, 0.5) is 4.39 Å². The van der Waals surface area contributed by atoms with E-state index in [1.807, 2.05) is 12.1 Å². The zero-order chi connectivity index (χ0) is 18.8. The van der Waals surface area contributed by atoms with Crippen molar-refractivity contribution in [3.63, 3.8) is 0 Å². The number of rotatable bonds is 4. The third-order valence-corrected chi connectivity index (χ3v) is 5.64. The Labute approximate surface area is 183 Å². The van der Waals surface area contributed by atoms with Gasteiger partial charge in [0.2, 0.25) is 5.78 Å². The Bertz CT molecular complexity index is 965. The van der Waals surface area contributed by atoms with Crippen LogP contribution < -0.4 is 21.5 Å². The van der Waals surface area contributed by atoms with E-state index in [2.05, 4.69) is 43.4 Å². The molecule has 0 radical (unpaired) electrons. The Kier molecular flexibility index (Phi) is 6.83. The highest BCUT2D eigenvalue weighted by Gasteiger charge is 2.27. The molecule has 28 heavy (non-hydrogen) atoms. The molecule has 0 aliphatic carbocycles. The van der Waals surface area contributed by atoms with Crippen LogP contribution in [-0.4, -0.2) is 10.4 Å². The van der Waals surface area contributed by atoms with Crippen molar-refractivity contribution in [2.45, 2.75) is 38.8 Å². The molecule has 0 spiro atoms. The van der Waals surface area contributed by atoms with Gasteiger partial charge in [0.15, 0.2) is 12.2 Å². The standard InChI is InChI=1S/C22H21BrFN2O.BrH/c23-18-9-5-16(6-10-18)20-14-25(22-4-2-1-3-13-26(20)22)15-21(27)17-7-11-19(24)12-8-17;/h5-12,14H,1-4,13,15H2;1H/q+1;/p-1. The number of imidazole rings is 1. The van der Waals surface area contributed by atoms with Crippen molar-refractivity contribution in [2.24, 2.45) is 0 Å². The lowest BCUT2D eigenvalue weighted by Gasteiger charge is -2.03. The molecule has 0 atom stereocenters. The second-order valence-electron chi connectivity index (χ2n) is 6.96. The van der Waals surface area contributed by atoms with E-state index in [9.17, 15) is 9.18 Å². The Morgan fingerprint density at radius 3 is 2.46 bits per heavy atom. The topological polar surface area (TPSA) is 25.9 Å². The molecule has 3 nitrogen and oxygen atoms in total. The monoisotopic (exact) mass is 506 g/mol. The van der Waals surface area contributed by atoms with Crippen molar-refractivity contribution in [3.8, 4) is 11.3 Å². The molecule has 0 unspecified atom stereocenters. The summed E-state index contributed by atoms with van der Waals surface area (Å²) < 4.78 is 18.6. The molecule has 0 bridgehead atoms. The minimum Gasteiger partial charge on any atom is -1.00 e. The first-order chi connectivity index (χ1) is 13.1. The van der Waals surface area contributed by atoms with Gasteiger partial charge in [0.05, 0.1) is 6.54 Å². The van der Waals surface area contributed by atoms with E-state index in [1.165, 1.54) is 24.4 Å². The van der Waals surface area contributed by atoms with E-state index in [1.54, 1.807) is 12.1 Å². The number of carbonyl (C=O) groups excluding carboxylic acids is 1. The maximum atomic E-state index is 13.1. The van der Waals surface area contributed by atoms with E-state index < -0.39 is 0 Å². The number of hydrogen-bond donors (Lipinski definition) is 0. The van der Waals surface area contributed by atoms with E-state index in [0.29, 0.717) is 5.56 Å². The second-order valence-corrected chi connectivity index (χ2v) is 7.87. The Morgan fingerprint density at radius 1 is 1.04 bits per heavy atom. The fraction of sp³-hybridized carbons (Fsp3) is 0.273. The van der Waals surface area contributed by atoms with Crippen molar-refractivity contribution in [1.29, 1.82) is 0 Å². The molecular formula is C22H21Br2FN2O. The third-order valence-electron chi connectivity index (χ3n) is 5.11. The number of nitrogens with zero attached hydrogens (tertiary/aromatic N) is 2. The summed E-state index contributed by atoms with van der Waals surface area (Å²) in [6, 6.07) is 14.1. The second kappa shape index (κ2) is 9.14. The molecule has 0 amide bonds. The molecule has 3 aromatic rings. The van der Waals surface area contributed by atoms with Crippen LogP contribution in [0.1, 0.15) is 35.4 Å². The number of halogens is 3. The molecule has 2 aromatic carbocycles. The zero-order valence-electron chi connectivity index (χ0n) is 15.4. The van der Waals surface area contributed by atoms with Crippen LogP contribution in [0.5, 0.6) is 0 Å². The summed E-state index contributed by atoms with van der Waals surface area (Å²) in [4.78, 5) is 12.7. The van der Waals surface area contributed by atoms with Gasteiger partial charge in [-0.2, -0.15) is 0 Å². The quantitative estimate of drug-likeness (QED) is 0.391. The summed E-state index contributed by atoms with van der Waals surface area (Å²) in [6.45, 7) is 1.25. The van der Waals surface area contributed by atoms with Crippen LogP contribution in [-0.2, 0) is 19.5 Å². The predicted molar refractivity (Wildman–Crippen MR) is 106 cm³/mol. The molecule has 2 heterocycles. The van der Waals surface area contributed by atoms with E-state index in [4.69, 9.17) is 0 Å². The van der Waals surface area contributed by atoms with Gasteiger partial charge < -0.3 is 17.0 Å². The molecule has 0 N–H and O–H groups in total. The first-order valence-corrected chi connectivity index (χ1v) is 10.1. The number of fused-ring (bicyclic) bond motifs is 1. The Balaban J connectivity index is 0.00000225. The predicted octanol–water partition coefficient (Wildman–Crippen LogP) is 1.96. The number of aromatic nitrogens is 2. The fourth-order valence-corrected chi connectivity index (χ4v) is 3.98. The number of ketones is 1. The smallest absolute Gasteiger partial charge is 0.257 e. The molecule has 1 aliphatic heterocycles. The Hall–Kier alpha value is -1.79. The maximum absolute atomic E-state index is 13.1. The van der Waals surface area contributed by atoms with Gasteiger partial charge in [0.25, 0.3) is 5.82 Å². The lowest BCUT2D eigenvalue weighted by molar-refractivity contribution is -0.690. The summed E-state index contributed by atoms with van der Waals surface area (Å²) in [5.41, 5.74) is 2.84. The molecule has 4 rings (SSSR count). The van der Waals surface area contributed by atoms with Crippen molar-refractivity contribution in [1.82, 2.24) is 4.57 Å². The van der Waals surface area contributed by atoms with E-state index >= 15 is 0 Å². The SMILES string of the molecule is O=C(C[n+]1cc(-c2ccc(Br)cc2)n2c1CCCCC2)c1ccc(F)cc1.[Br-]. The average molecular weight is 508 g/mol. The number of Topliss-reactive ketones (excluding diaryl/α,β-unsaturated/α-hetero) is 1. The van der Waals surface area contributed by atoms with E-state index in [0.717, 1.165) is 41.5 Å². The van der Waals surface area contributed by atoms with E-state index in [-0.39, 0.29) is 35.1 Å². The largest absolute Gasteiger partial charge is 1.00 e. The lowest BCUT2D eigenvalue weighted by atomic mass is 10.1. The van der Waals surface area contributed by atoms with Gasteiger partial charge >= 0.3 is 0 Å². The van der Waals surface area contributed by atoms with Gasteiger partial charge in [-0.3, -0.25) is 4.79 Å². The molecule has 146 valence electrons. The van der Waals surface area contributed by atoms with Crippen LogP contribution in [0.15, 0.2) is 59.2 Å². The molecule has 1 aromatic heterocycles. The third kappa shape index (κ3) is 4.44. The first-order valence-electron chi connectivity index (χ1n) is 9.28. The number of carbonyl (C=O) groups is 1. The van der Waals surface area contributed by atoms with Crippen LogP contribution >= 0.6 is 15.9 Å². The van der Waals surface area contributed by atoms with Gasteiger partial charge in [-0.1, -0.05) is 15.9 Å². The Morgan fingerprint density at radius 2 is 1.75 bits per heavy atom. The van der Waals surface area contributed by atoms with Gasteiger partial charge in [0, 0.05) is 22.0 Å². The summed E-state index contributed by atoms with van der Waals surface area (Å²) in [5.74, 6) is 0.871. The summed E-state index contributed by atoms with van der Waals surface area (Å²) in [6.07, 6.45) is 6.54. The fourth-order valence-electron chi connectivity index (χ4n) is 3.71. The maximum Gasteiger partial charge on any atom is 0.257 e. The number of benzene rings is 2. The highest BCUT2D eigenvalue weighted by Crippen LogP contribution is 2.25. The summed E-state index contributed by atoms with van der Waals surface area (Å²) in [5, 5.41) is 0. The normalized spacial score (nSPS) is 13.4. The molecular weight excluding hydrogens is 487 g/mol. The summed E-state index contributed by atoms with van der Waals surface area (Å²) in [7, 11) is 0. The molecule has 1 aliphatic rings. The van der Waals surface area contributed by atoms with Gasteiger partial charge in [0.1, 0.15) is 12.0 Å². The van der Waals surface area contributed by atoms with Crippen molar-refractivity contribution in [2.75, 3.05) is 0 Å². The molecule has 0 fully saturated rings. The molecule has 0 saturated heterocycles. The number of hydrogen-bond acceptors (Lipinski definition) is 1. The summed E-state index contributed by atoms with van der Waals surface area (Å²) >= 11 is 3.49. The van der Waals surface area contributed by atoms with Crippen LogP contribution in [0.25, 0.3) is 11.3 Å². The lowest BCUT2D eigenvalue weighted by Crippen LogP contribution is -3.00. The van der Waals surface area contributed by atoms with Gasteiger partial charge in [-0.25, -0.2) is 13.5 Å². The molecule has 0 saturated carbocycles. The van der Waals surface area contributed by atoms with Gasteiger partial charge in [-0.05, 0) is 67.8 Å². The highest BCUT2D eigenvalue weighted by atomic mass is 79.9. The van der Waals surface area contributed by atoms with Crippen molar-refractivity contribution in [3.05, 3.63) is 76.4 Å². The van der Waals surface area contributed by atoms with Crippen LogP contribution in [0.3, 0.4) is 0 Å². The first kappa shape index (κ1) is 20.9. The van der Waals surface area contributed by atoms with Gasteiger partial charge in [-0.15, -0.1) is 0 Å². The van der Waals surface area contributed by atoms with Crippen molar-refractivity contribution < 1.29 is 30.7 Å².